The summed E-state index contributed by atoms with van der Waals surface area (Å²) in [6.07, 6.45) is 0. The van der Waals surface area contributed by atoms with Crippen LogP contribution in [0.1, 0.15) is 11.5 Å². The van der Waals surface area contributed by atoms with Crippen LogP contribution in [0.2, 0.25) is 0 Å². The van der Waals surface area contributed by atoms with E-state index in [1.165, 1.54) is 23.9 Å². The Morgan fingerprint density at radius 3 is 2.53 bits per heavy atom. The molecular formula is C22H21N7O4S. The van der Waals surface area contributed by atoms with Gasteiger partial charge in [0.25, 0.3) is 5.69 Å². The average molecular weight is 480 g/mol. The molecule has 2 aromatic carbocycles. The summed E-state index contributed by atoms with van der Waals surface area (Å²) < 4.78 is 13.0. The van der Waals surface area contributed by atoms with Gasteiger partial charge >= 0.3 is 0 Å². The first-order valence-corrected chi connectivity index (χ1v) is 11.7. The van der Waals surface area contributed by atoms with Gasteiger partial charge in [-0.25, -0.2) is 0 Å². The number of anilines is 1. The van der Waals surface area contributed by atoms with Gasteiger partial charge in [-0.15, -0.1) is 10.2 Å². The van der Waals surface area contributed by atoms with Crippen molar-refractivity contribution in [1.29, 1.82) is 0 Å². The average Bonchev–Trinajstić information content (AvgIpc) is 3.51. The molecule has 174 valence electrons. The number of benzene rings is 2. The van der Waals surface area contributed by atoms with Gasteiger partial charge in [-0.1, -0.05) is 47.3 Å². The fraction of sp³-hybridized carbons (Fsp3) is 0.273. The van der Waals surface area contributed by atoms with Gasteiger partial charge < -0.3 is 14.2 Å². The Morgan fingerprint density at radius 1 is 1.03 bits per heavy atom. The summed E-state index contributed by atoms with van der Waals surface area (Å²) in [5.74, 6) is 2.04. The number of morpholine rings is 1. The molecule has 0 N–H and O–H groups in total. The molecule has 0 atom stereocenters. The van der Waals surface area contributed by atoms with E-state index in [1.54, 1.807) is 12.1 Å². The lowest BCUT2D eigenvalue weighted by atomic mass is 10.2. The zero-order chi connectivity index (χ0) is 23.3. The van der Waals surface area contributed by atoms with Crippen molar-refractivity contribution in [2.45, 2.75) is 17.5 Å². The van der Waals surface area contributed by atoms with Crippen LogP contribution in [-0.4, -0.2) is 56.1 Å². The molecule has 0 saturated carbocycles. The summed E-state index contributed by atoms with van der Waals surface area (Å²) in [5, 5.41) is 24.5. The molecule has 0 radical (unpaired) electrons. The van der Waals surface area contributed by atoms with Crippen LogP contribution in [0.3, 0.4) is 0 Å². The van der Waals surface area contributed by atoms with Gasteiger partial charge in [-0.3, -0.25) is 14.7 Å². The maximum absolute atomic E-state index is 10.8. The first kappa shape index (κ1) is 22.0. The molecule has 12 heteroatoms. The maximum atomic E-state index is 10.8. The first-order valence-electron chi connectivity index (χ1n) is 10.7. The fourth-order valence-corrected chi connectivity index (χ4v) is 4.35. The second kappa shape index (κ2) is 10.0. The summed E-state index contributed by atoms with van der Waals surface area (Å²) >= 11 is 1.46. The van der Waals surface area contributed by atoms with Gasteiger partial charge in [0.05, 0.1) is 30.4 Å². The SMILES string of the molecule is O=[N+]([O-])c1ccc(-c2noc(CSc3nnc(N4CCOCC4)n3Cc3ccccc3)n2)cc1. The van der Waals surface area contributed by atoms with Crippen LogP contribution in [0.15, 0.2) is 64.3 Å². The third-order valence-corrected chi connectivity index (χ3v) is 6.26. The van der Waals surface area contributed by atoms with Crippen molar-refractivity contribution >= 4 is 23.4 Å². The van der Waals surface area contributed by atoms with Crippen molar-refractivity contribution in [3.05, 3.63) is 76.2 Å². The quantitative estimate of drug-likeness (QED) is 0.211. The Bertz CT molecular complexity index is 1250. The number of non-ortho nitro benzene ring substituents is 1. The predicted octanol–water partition coefficient (Wildman–Crippen LogP) is 3.41. The maximum Gasteiger partial charge on any atom is 0.269 e. The predicted molar refractivity (Wildman–Crippen MR) is 125 cm³/mol. The van der Waals surface area contributed by atoms with E-state index in [-0.39, 0.29) is 5.69 Å². The molecule has 11 nitrogen and oxygen atoms in total. The highest BCUT2D eigenvalue weighted by Crippen LogP contribution is 2.27. The lowest BCUT2D eigenvalue weighted by Gasteiger charge is -2.28. The van der Waals surface area contributed by atoms with Crippen LogP contribution < -0.4 is 4.90 Å². The molecule has 34 heavy (non-hydrogen) atoms. The van der Waals surface area contributed by atoms with Crippen LogP contribution in [0, 0.1) is 10.1 Å². The standard InChI is InChI=1S/C22H21N7O4S/c30-29(31)18-8-6-17(7-9-18)20-23-19(33-26-20)15-34-22-25-24-21(27-10-12-32-13-11-27)28(22)14-16-4-2-1-3-5-16/h1-9H,10-15H2. The van der Waals surface area contributed by atoms with E-state index in [4.69, 9.17) is 9.26 Å². The number of aromatic nitrogens is 5. The van der Waals surface area contributed by atoms with Crippen LogP contribution in [0.25, 0.3) is 11.4 Å². The molecular weight excluding hydrogens is 458 g/mol. The summed E-state index contributed by atoms with van der Waals surface area (Å²) in [4.78, 5) is 17.0. The van der Waals surface area contributed by atoms with E-state index in [0.717, 1.165) is 29.8 Å². The number of hydrogen-bond acceptors (Lipinski definition) is 10. The highest BCUT2D eigenvalue weighted by molar-refractivity contribution is 7.98. The highest BCUT2D eigenvalue weighted by Gasteiger charge is 2.21. The number of thioether (sulfide) groups is 1. The van der Waals surface area contributed by atoms with Crippen LogP contribution >= 0.6 is 11.8 Å². The number of rotatable bonds is 8. The van der Waals surface area contributed by atoms with Crippen molar-refractivity contribution in [2.24, 2.45) is 0 Å². The Labute approximate surface area is 198 Å². The Morgan fingerprint density at radius 2 is 1.79 bits per heavy atom. The number of nitrogens with zero attached hydrogens (tertiary/aromatic N) is 7. The molecule has 0 unspecified atom stereocenters. The minimum Gasteiger partial charge on any atom is -0.378 e. The largest absolute Gasteiger partial charge is 0.378 e. The van der Waals surface area contributed by atoms with Gasteiger partial charge in [0.15, 0.2) is 5.16 Å². The van der Waals surface area contributed by atoms with E-state index in [2.05, 4.69) is 41.9 Å². The van der Waals surface area contributed by atoms with Gasteiger partial charge in [-0.2, -0.15) is 4.98 Å². The van der Waals surface area contributed by atoms with Crippen molar-refractivity contribution in [2.75, 3.05) is 31.2 Å². The summed E-state index contributed by atoms with van der Waals surface area (Å²) in [5.41, 5.74) is 1.81. The molecule has 1 aliphatic rings. The van der Waals surface area contributed by atoms with Crippen LogP contribution in [0.4, 0.5) is 11.6 Å². The van der Waals surface area contributed by atoms with Gasteiger partial charge in [0, 0.05) is 30.8 Å². The topological polar surface area (TPSA) is 125 Å². The molecule has 1 fully saturated rings. The molecule has 0 bridgehead atoms. The van der Waals surface area contributed by atoms with Gasteiger partial charge in [0.2, 0.25) is 17.7 Å². The summed E-state index contributed by atoms with van der Waals surface area (Å²) in [6, 6.07) is 16.2. The summed E-state index contributed by atoms with van der Waals surface area (Å²) in [6.45, 7) is 3.49. The van der Waals surface area contributed by atoms with Gasteiger partial charge in [0.1, 0.15) is 0 Å². The lowest BCUT2D eigenvalue weighted by molar-refractivity contribution is -0.384. The van der Waals surface area contributed by atoms with Crippen LogP contribution in [0.5, 0.6) is 0 Å². The number of nitro benzene ring substituents is 1. The molecule has 1 aliphatic heterocycles. The molecule has 0 amide bonds. The van der Waals surface area contributed by atoms with E-state index < -0.39 is 4.92 Å². The van der Waals surface area contributed by atoms with E-state index in [9.17, 15) is 10.1 Å². The second-order valence-electron chi connectivity index (χ2n) is 7.56. The Balaban J connectivity index is 1.33. The molecule has 1 saturated heterocycles. The van der Waals surface area contributed by atoms with Crippen molar-refractivity contribution in [3.63, 3.8) is 0 Å². The zero-order valence-corrected chi connectivity index (χ0v) is 18.9. The van der Waals surface area contributed by atoms with E-state index >= 15 is 0 Å². The third-order valence-electron chi connectivity index (χ3n) is 5.30. The van der Waals surface area contributed by atoms with Gasteiger partial charge in [-0.05, 0) is 17.7 Å². The normalized spacial score (nSPS) is 13.8. The highest BCUT2D eigenvalue weighted by atomic mass is 32.2. The zero-order valence-electron chi connectivity index (χ0n) is 18.1. The minimum absolute atomic E-state index is 0.0110. The summed E-state index contributed by atoms with van der Waals surface area (Å²) in [7, 11) is 0. The van der Waals surface area contributed by atoms with Crippen molar-refractivity contribution < 1.29 is 14.2 Å². The van der Waals surface area contributed by atoms with E-state index in [1.807, 2.05) is 18.2 Å². The molecule has 5 rings (SSSR count). The number of ether oxygens (including phenoxy) is 1. The molecule has 3 heterocycles. The van der Waals surface area contributed by atoms with Crippen molar-refractivity contribution in [1.82, 2.24) is 24.9 Å². The molecule has 2 aromatic heterocycles. The number of nitro groups is 1. The monoisotopic (exact) mass is 479 g/mol. The van der Waals surface area contributed by atoms with Crippen molar-refractivity contribution in [3.8, 4) is 11.4 Å². The third kappa shape index (κ3) is 4.92. The minimum atomic E-state index is -0.446. The molecule has 4 aromatic rings. The Hall–Kier alpha value is -3.77. The van der Waals surface area contributed by atoms with E-state index in [0.29, 0.717) is 42.8 Å². The smallest absolute Gasteiger partial charge is 0.269 e. The molecule has 0 aliphatic carbocycles. The first-order chi connectivity index (χ1) is 16.7. The number of hydrogen-bond donors (Lipinski definition) is 0. The Kier molecular flexibility index (Phi) is 6.49. The fourth-order valence-electron chi connectivity index (χ4n) is 3.58. The second-order valence-corrected chi connectivity index (χ2v) is 8.50. The lowest BCUT2D eigenvalue weighted by Crippen LogP contribution is -2.38. The van der Waals surface area contributed by atoms with Crippen LogP contribution in [-0.2, 0) is 17.0 Å². The molecule has 0 spiro atoms.